The second-order valence-corrected chi connectivity index (χ2v) is 36.3. The molecule has 0 aromatic carbocycles. The molecule has 0 fully saturated rings. The van der Waals surface area contributed by atoms with Gasteiger partial charge in [-0.05, 0) is 37.5 Å². The zero-order valence-electron chi connectivity index (χ0n) is 72.6. The molecule has 0 rings (SSSR count). The fourth-order valence-electron chi connectivity index (χ4n) is 14.3. The Balaban J connectivity index is 5.21. The van der Waals surface area contributed by atoms with E-state index in [1.165, 1.54) is 308 Å². The van der Waals surface area contributed by atoms with Gasteiger partial charge in [-0.25, -0.2) is 9.13 Å². The molecule has 0 aliphatic rings. The van der Waals surface area contributed by atoms with Crippen molar-refractivity contribution in [3.8, 4) is 0 Å². The van der Waals surface area contributed by atoms with Crippen LogP contribution in [-0.4, -0.2) is 96.7 Å². The van der Waals surface area contributed by atoms with E-state index in [2.05, 4.69) is 41.5 Å². The van der Waals surface area contributed by atoms with E-state index in [1.54, 1.807) is 0 Å². The Morgan fingerprint density at radius 3 is 0.691 bits per heavy atom. The normalized spacial score (nSPS) is 14.0. The molecule has 17 nitrogen and oxygen atoms in total. The van der Waals surface area contributed by atoms with Crippen LogP contribution >= 0.6 is 15.6 Å². The van der Waals surface area contributed by atoms with Crippen molar-refractivity contribution in [1.29, 1.82) is 0 Å². The predicted octanol–water partition coefficient (Wildman–Crippen LogP) is 28.2. The van der Waals surface area contributed by atoms with E-state index in [9.17, 15) is 43.2 Å². The SMILES string of the molecule is CCCCCCCCCCCCCCCCCCCCCCCC(=O)OC[C@H](COP(=O)(O)OC[C@@H](O)COP(=O)(O)OC[C@@H](COC(=O)CCCCCCCCCCCC)OC(=O)CCCCCCCCCCCCCCCCC(C)C)OC(=O)CCCCCCCCCCCCCCCCCCCCC(C)CC. The largest absolute Gasteiger partial charge is 0.472 e. The van der Waals surface area contributed by atoms with Gasteiger partial charge in [-0.15, -0.1) is 0 Å². The number of aliphatic hydroxyl groups excluding tert-OH is 1. The molecule has 110 heavy (non-hydrogen) atoms. The van der Waals surface area contributed by atoms with Gasteiger partial charge in [-0.3, -0.25) is 37.3 Å². The summed E-state index contributed by atoms with van der Waals surface area (Å²) in [6.45, 7) is 9.78. The third-order valence-electron chi connectivity index (χ3n) is 21.8. The number of phosphoric acid groups is 2. The Morgan fingerprint density at radius 2 is 0.464 bits per heavy atom. The standard InChI is InChI=1S/C91H178O17P2/c1-7-10-12-14-16-18-20-21-22-23-24-25-26-30-33-39-44-50-56-62-68-74-89(94)102-80-87(108-90(95)75-69-63-57-51-45-40-34-31-28-27-29-32-38-43-48-54-60-66-72-84(6)9-3)82-106-110(99,100)104-78-85(92)77-103-109(97,98)105-81-86(79-101-88(93)73-67-61-55-49-19-17-15-13-11-8-2)107-91(96)76-70-64-58-52-46-41-36-35-37-42-47-53-59-65-71-83(4)5/h83-87,92H,7-82H2,1-6H3,(H,97,98)(H,99,100)/t84?,85-,86+,87+/m0/s1. The zero-order valence-corrected chi connectivity index (χ0v) is 74.4. The number of ether oxygens (including phenoxy) is 4. The first kappa shape index (κ1) is 108. The van der Waals surface area contributed by atoms with Gasteiger partial charge in [0.2, 0.25) is 0 Å². The summed E-state index contributed by atoms with van der Waals surface area (Å²) < 4.78 is 69.0. The van der Waals surface area contributed by atoms with Gasteiger partial charge in [0.15, 0.2) is 12.2 Å². The number of phosphoric ester groups is 2. The van der Waals surface area contributed by atoms with Crippen LogP contribution in [0.1, 0.15) is 491 Å². The summed E-state index contributed by atoms with van der Waals surface area (Å²) in [4.78, 5) is 73.4. The minimum absolute atomic E-state index is 0.108. The lowest BCUT2D eigenvalue weighted by Crippen LogP contribution is -2.30. The first-order valence-electron chi connectivity index (χ1n) is 47.0. The fraction of sp³-hybridized carbons (Fsp3) is 0.956. The first-order chi connectivity index (χ1) is 53.4. The predicted molar refractivity (Wildman–Crippen MR) is 455 cm³/mol. The van der Waals surface area contributed by atoms with E-state index in [-0.39, 0.29) is 25.7 Å². The number of esters is 4. The molecular formula is C91H178O17P2. The number of carbonyl (C=O) groups excluding carboxylic acids is 4. The monoisotopic (exact) mass is 1610 g/mol. The molecule has 3 unspecified atom stereocenters. The first-order valence-corrected chi connectivity index (χ1v) is 50.0. The van der Waals surface area contributed by atoms with Gasteiger partial charge < -0.3 is 33.8 Å². The summed E-state index contributed by atoms with van der Waals surface area (Å²) in [5, 5.41) is 10.7. The van der Waals surface area contributed by atoms with E-state index < -0.39 is 97.5 Å². The van der Waals surface area contributed by atoms with Crippen LogP contribution in [0.15, 0.2) is 0 Å². The van der Waals surface area contributed by atoms with Gasteiger partial charge in [-0.1, -0.05) is 440 Å². The lowest BCUT2D eigenvalue weighted by Gasteiger charge is -2.21. The Hall–Kier alpha value is -1.94. The zero-order chi connectivity index (χ0) is 80.6. The summed E-state index contributed by atoms with van der Waals surface area (Å²) in [6, 6.07) is 0. The fourth-order valence-corrected chi connectivity index (χ4v) is 15.9. The maximum absolute atomic E-state index is 13.2. The Bertz CT molecular complexity index is 2100. The molecule has 0 aromatic rings. The molecule has 19 heteroatoms. The topological polar surface area (TPSA) is 237 Å². The highest BCUT2D eigenvalue weighted by molar-refractivity contribution is 7.47. The average Bonchev–Trinajstić information content (AvgIpc) is 0.896. The third kappa shape index (κ3) is 82.6. The lowest BCUT2D eigenvalue weighted by molar-refractivity contribution is -0.161. The average molecular weight is 1610 g/mol. The van der Waals surface area contributed by atoms with Gasteiger partial charge >= 0.3 is 39.5 Å². The quantitative estimate of drug-likeness (QED) is 0.0222. The van der Waals surface area contributed by atoms with Crippen LogP contribution in [0, 0.1) is 11.8 Å². The van der Waals surface area contributed by atoms with E-state index in [4.69, 9.17) is 37.0 Å². The van der Waals surface area contributed by atoms with E-state index in [1.807, 2.05) is 0 Å². The molecule has 6 atom stereocenters. The van der Waals surface area contributed by atoms with Crippen molar-refractivity contribution in [2.24, 2.45) is 11.8 Å². The molecule has 654 valence electrons. The summed E-state index contributed by atoms with van der Waals surface area (Å²) in [5.74, 6) is -0.430. The van der Waals surface area contributed by atoms with Crippen molar-refractivity contribution in [3.05, 3.63) is 0 Å². The summed E-state index contributed by atoms with van der Waals surface area (Å²) in [5.41, 5.74) is 0. The minimum atomic E-state index is -4.97. The van der Waals surface area contributed by atoms with Crippen LogP contribution in [0.5, 0.6) is 0 Å². The smallest absolute Gasteiger partial charge is 0.462 e. The molecule has 0 heterocycles. The summed E-state index contributed by atoms with van der Waals surface area (Å²) in [7, 11) is -9.93. The van der Waals surface area contributed by atoms with Gasteiger partial charge in [0.05, 0.1) is 26.4 Å². The van der Waals surface area contributed by atoms with Crippen molar-refractivity contribution >= 4 is 39.5 Å². The van der Waals surface area contributed by atoms with Crippen LogP contribution in [0.2, 0.25) is 0 Å². The van der Waals surface area contributed by atoms with Crippen molar-refractivity contribution in [2.45, 2.75) is 509 Å². The van der Waals surface area contributed by atoms with E-state index >= 15 is 0 Å². The molecule has 0 saturated carbocycles. The number of hydrogen-bond acceptors (Lipinski definition) is 15. The highest BCUT2D eigenvalue weighted by Crippen LogP contribution is 2.45. The van der Waals surface area contributed by atoms with Gasteiger partial charge in [0.1, 0.15) is 19.3 Å². The van der Waals surface area contributed by atoms with E-state index in [0.29, 0.717) is 25.7 Å². The van der Waals surface area contributed by atoms with Crippen LogP contribution < -0.4 is 0 Å². The molecular weight excluding hydrogens is 1430 g/mol. The van der Waals surface area contributed by atoms with Crippen LogP contribution in [0.4, 0.5) is 0 Å². The van der Waals surface area contributed by atoms with Gasteiger partial charge in [0.25, 0.3) is 0 Å². The van der Waals surface area contributed by atoms with Crippen LogP contribution in [-0.2, 0) is 65.4 Å². The second kappa shape index (κ2) is 82.2. The highest BCUT2D eigenvalue weighted by Gasteiger charge is 2.31. The van der Waals surface area contributed by atoms with Crippen molar-refractivity contribution in [3.63, 3.8) is 0 Å². The van der Waals surface area contributed by atoms with Crippen LogP contribution in [0.3, 0.4) is 0 Å². The van der Waals surface area contributed by atoms with Gasteiger partial charge in [0, 0.05) is 25.7 Å². The molecule has 0 spiro atoms. The Labute approximate surface area is 677 Å². The molecule has 0 aliphatic carbocycles. The number of hydrogen-bond donors (Lipinski definition) is 3. The Morgan fingerprint density at radius 1 is 0.264 bits per heavy atom. The number of unbranched alkanes of at least 4 members (excludes halogenated alkanes) is 59. The van der Waals surface area contributed by atoms with Crippen molar-refractivity contribution in [1.82, 2.24) is 0 Å². The third-order valence-corrected chi connectivity index (χ3v) is 23.7. The summed E-state index contributed by atoms with van der Waals surface area (Å²) in [6.07, 6.45) is 76.5. The van der Waals surface area contributed by atoms with Crippen molar-refractivity contribution in [2.75, 3.05) is 39.6 Å². The molecule has 0 aromatic heterocycles. The number of rotatable bonds is 90. The Kier molecular flexibility index (Phi) is 80.7. The molecule has 0 bridgehead atoms. The summed E-state index contributed by atoms with van der Waals surface area (Å²) >= 11 is 0. The minimum Gasteiger partial charge on any atom is -0.462 e. The number of carbonyl (C=O) groups is 4. The highest BCUT2D eigenvalue weighted by atomic mass is 31.2. The maximum Gasteiger partial charge on any atom is 0.472 e. The van der Waals surface area contributed by atoms with Crippen molar-refractivity contribution < 1.29 is 80.2 Å². The van der Waals surface area contributed by atoms with E-state index in [0.717, 1.165) is 102 Å². The molecule has 0 saturated heterocycles. The molecule has 0 aliphatic heterocycles. The van der Waals surface area contributed by atoms with Crippen LogP contribution in [0.25, 0.3) is 0 Å². The van der Waals surface area contributed by atoms with Gasteiger partial charge in [-0.2, -0.15) is 0 Å². The maximum atomic E-state index is 13.2. The molecule has 3 N–H and O–H groups in total. The lowest BCUT2D eigenvalue weighted by atomic mass is 9.99. The molecule has 0 radical (unpaired) electrons. The molecule has 0 amide bonds. The number of aliphatic hydroxyl groups is 1. The second-order valence-electron chi connectivity index (χ2n) is 33.4.